The molecule has 1 atom stereocenters. The summed E-state index contributed by atoms with van der Waals surface area (Å²) in [5, 5.41) is 5.23. The van der Waals surface area contributed by atoms with Crippen LogP contribution >= 0.6 is 0 Å². The van der Waals surface area contributed by atoms with Gasteiger partial charge in [-0.2, -0.15) is 0 Å². The van der Waals surface area contributed by atoms with Gasteiger partial charge in [-0.1, -0.05) is 0 Å². The molecule has 7 heteroatoms. The Morgan fingerprint density at radius 3 is 2.17 bits per heavy atom. The van der Waals surface area contributed by atoms with Gasteiger partial charge in [0.15, 0.2) is 11.5 Å². The molecule has 24 heavy (non-hydrogen) atoms. The third-order valence-electron chi connectivity index (χ3n) is 3.22. The van der Waals surface area contributed by atoms with Gasteiger partial charge in [0.2, 0.25) is 17.6 Å². The van der Waals surface area contributed by atoms with Crippen LogP contribution in [0.1, 0.15) is 19.4 Å². The Bertz CT molecular complexity index is 588. The van der Waals surface area contributed by atoms with E-state index in [9.17, 15) is 9.59 Å². The zero-order valence-corrected chi connectivity index (χ0v) is 14.6. The SMILES string of the molecule is CCNC(=O)C(C)NC(=O)/C=C/c1cc(OC)c(OC)c(OC)c1. The Labute approximate surface area is 142 Å². The Kier molecular flexibility index (Phi) is 7.61. The second-order valence-electron chi connectivity index (χ2n) is 4.92. The first kappa shape index (κ1) is 19.3. The van der Waals surface area contributed by atoms with Crippen molar-refractivity contribution in [2.24, 2.45) is 0 Å². The zero-order valence-electron chi connectivity index (χ0n) is 14.6. The number of carbonyl (C=O) groups is 2. The number of amides is 2. The fourth-order valence-corrected chi connectivity index (χ4v) is 2.02. The van der Waals surface area contributed by atoms with E-state index in [1.54, 1.807) is 25.1 Å². The fraction of sp³-hybridized carbons (Fsp3) is 0.412. The largest absolute Gasteiger partial charge is 0.493 e. The average molecular weight is 336 g/mol. The van der Waals surface area contributed by atoms with E-state index in [2.05, 4.69) is 10.6 Å². The molecule has 7 nitrogen and oxygen atoms in total. The van der Waals surface area contributed by atoms with Crippen LogP contribution in [0.3, 0.4) is 0 Å². The number of nitrogens with one attached hydrogen (secondary N) is 2. The minimum atomic E-state index is -0.609. The van der Waals surface area contributed by atoms with Crippen molar-refractivity contribution in [1.82, 2.24) is 10.6 Å². The van der Waals surface area contributed by atoms with Gasteiger partial charge >= 0.3 is 0 Å². The van der Waals surface area contributed by atoms with Crippen LogP contribution < -0.4 is 24.8 Å². The van der Waals surface area contributed by atoms with Gasteiger partial charge in [0.05, 0.1) is 21.3 Å². The molecule has 0 heterocycles. The van der Waals surface area contributed by atoms with Crippen LogP contribution in [0.15, 0.2) is 18.2 Å². The van der Waals surface area contributed by atoms with Gasteiger partial charge in [0.25, 0.3) is 0 Å². The van der Waals surface area contributed by atoms with Gasteiger partial charge < -0.3 is 24.8 Å². The van der Waals surface area contributed by atoms with Gasteiger partial charge in [-0.25, -0.2) is 0 Å². The van der Waals surface area contributed by atoms with Gasteiger partial charge in [-0.15, -0.1) is 0 Å². The third-order valence-corrected chi connectivity index (χ3v) is 3.22. The van der Waals surface area contributed by atoms with E-state index in [0.29, 0.717) is 29.4 Å². The molecule has 0 aliphatic carbocycles. The van der Waals surface area contributed by atoms with Gasteiger partial charge in [-0.3, -0.25) is 9.59 Å². The summed E-state index contributed by atoms with van der Waals surface area (Å²) in [6.45, 7) is 3.95. The van der Waals surface area contributed by atoms with E-state index in [-0.39, 0.29) is 11.8 Å². The lowest BCUT2D eigenvalue weighted by Crippen LogP contribution is -2.44. The van der Waals surface area contributed by atoms with Crippen molar-refractivity contribution < 1.29 is 23.8 Å². The molecule has 0 aliphatic heterocycles. The summed E-state index contributed by atoms with van der Waals surface area (Å²) in [4.78, 5) is 23.5. The summed E-state index contributed by atoms with van der Waals surface area (Å²) in [6.07, 6.45) is 2.95. The van der Waals surface area contributed by atoms with Crippen LogP contribution in [0, 0.1) is 0 Å². The minimum Gasteiger partial charge on any atom is -0.493 e. The number of hydrogen-bond donors (Lipinski definition) is 2. The van der Waals surface area contributed by atoms with Crippen molar-refractivity contribution >= 4 is 17.9 Å². The van der Waals surface area contributed by atoms with E-state index in [1.807, 2.05) is 6.92 Å². The van der Waals surface area contributed by atoms with Crippen molar-refractivity contribution in [2.75, 3.05) is 27.9 Å². The molecular weight excluding hydrogens is 312 g/mol. The highest BCUT2D eigenvalue weighted by molar-refractivity contribution is 5.95. The van der Waals surface area contributed by atoms with Gasteiger partial charge in [-0.05, 0) is 37.6 Å². The second-order valence-corrected chi connectivity index (χ2v) is 4.92. The first-order chi connectivity index (χ1) is 11.5. The lowest BCUT2D eigenvalue weighted by atomic mass is 10.1. The molecule has 0 saturated heterocycles. The predicted octanol–water partition coefficient (Wildman–Crippen LogP) is 1.37. The van der Waals surface area contributed by atoms with Crippen LogP contribution in [-0.2, 0) is 9.59 Å². The quantitative estimate of drug-likeness (QED) is 0.700. The summed E-state index contributed by atoms with van der Waals surface area (Å²) < 4.78 is 15.8. The number of likely N-dealkylation sites (N-methyl/N-ethyl adjacent to an activating group) is 1. The molecule has 1 rings (SSSR count). The van der Waals surface area contributed by atoms with E-state index in [0.717, 1.165) is 0 Å². The Morgan fingerprint density at radius 1 is 1.12 bits per heavy atom. The van der Waals surface area contributed by atoms with Crippen molar-refractivity contribution in [3.63, 3.8) is 0 Å². The molecule has 0 aliphatic rings. The number of benzene rings is 1. The monoisotopic (exact) mass is 336 g/mol. The number of methoxy groups -OCH3 is 3. The maximum absolute atomic E-state index is 11.9. The molecule has 0 aromatic heterocycles. The molecule has 0 bridgehead atoms. The molecule has 2 N–H and O–H groups in total. The standard InChI is InChI=1S/C17H24N2O5/c1-6-18-17(21)11(2)19-15(20)8-7-12-9-13(22-3)16(24-5)14(10-12)23-4/h7-11H,6H2,1-5H3,(H,18,21)(H,19,20)/b8-7+. The Morgan fingerprint density at radius 2 is 1.71 bits per heavy atom. The summed E-state index contributed by atoms with van der Waals surface area (Å²) >= 11 is 0. The zero-order chi connectivity index (χ0) is 18.1. The molecule has 0 fully saturated rings. The number of carbonyl (C=O) groups excluding carboxylic acids is 2. The minimum absolute atomic E-state index is 0.230. The van der Waals surface area contributed by atoms with Crippen LogP contribution in [0.2, 0.25) is 0 Å². The van der Waals surface area contributed by atoms with E-state index < -0.39 is 6.04 Å². The average Bonchev–Trinajstić information content (AvgIpc) is 2.58. The van der Waals surface area contributed by atoms with Gasteiger partial charge in [0, 0.05) is 12.6 Å². The summed E-state index contributed by atoms with van der Waals surface area (Å²) in [6, 6.07) is 2.83. The highest BCUT2D eigenvalue weighted by Gasteiger charge is 2.14. The van der Waals surface area contributed by atoms with Crippen molar-refractivity contribution in [1.29, 1.82) is 0 Å². The van der Waals surface area contributed by atoms with E-state index in [1.165, 1.54) is 27.4 Å². The molecule has 0 saturated carbocycles. The molecule has 1 aromatic carbocycles. The topological polar surface area (TPSA) is 85.9 Å². The summed E-state index contributed by atoms with van der Waals surface area (Å²) in [5.74, 6) is 0.862. The number of ether oxygens (including phenoxy) is 3. The van der Waals surface area contributed by atoms with E-state index >= 15 is 0 Å². The van der Waals surface area contributed by atoms with Gasteiger partial charge in [0.1, 0.15) is 6.04 Å². The molecule has 0 radical (unpaired) electrons. The predicted molar refractivity (Wildman–Crippen MR) is 91.4 cm³/mol. The smallest absolute Gasteiger partial charge is 0.244 e. The van der Waals surface area contributed by atoms with Crippen molar-refractivity contribution in [3.05, 3.63) is 23.8 Å². The van der Waals surface area contributed by atoms with Crippen molar-refractivity contribution in [3.8, 4) is 17.2 Å². The normalized spacial score (nSPS) is 11.7. The summed E-state index contributed by atoms with van der Waals surface area (Å²) in [5.41, 5.74) is 0.699. The second kappa shape index (κ2) is 9.44. The maximum atomic E-state index is 11.9. The third kappa shape index (κ3) is 5.19. The summed E-state index contributed by atoms with van der Waals surface area (Å²) in [7, 11) is 4.56. The molecule has 1 unspecified atom stereocenters. The molecule has 2 amide bonds. The van der Waals surface area contributed by atoms with Crippen LogP contribution in [-0.4, -0.2) is 45.7 Å². The molecular formula is C17H24N2O5. The highest BCUT2D eigenvalue weighted by Crippen LogP contribution is 2.38. The lowest BCUT2D eigenvalue weighted by molar-refractivity contribution is -0.126. The first-order valence-corrected chi connectivity index (χ1v) is 7.53. The van der Waals surface area contributed by atoms with Crippen LogP contribution in [0.4, 0.5) is 0 Å². The maximum Gasteiger partial charge on any atom is 0.244 e. The molecule has 1 aromatic rings. The number of rotatable bonds is 8. The van der Waals surface area contributed by atoms with Crippen LogP contribution in [0.25, 0.3) is 6.08 Å². The van der Waals surface area contributed by atoms with E-state index in [4.69, 9.17) is 14.2 Å². The fourth-order valence-electron chi connectivity index (χ4n) is 2.02. The lowest BCUT2D eigenvalue weighted by Gasteiger charge is -2.13. The molecule has 132 valence electrons. The molecule has 0 spiro atoms. The number of hydrogen-bond acceptors (Lipinski definition) is 5. The van der Waals surface area contributed by atoms with Crippen molar-refractivity contribution in [2.45, 2.75) is 19.9 Å². The first-order valence-electron chi connectivity index (χ1n) is 7.53. The Balaban J connectivity index is 2.86. The van der Waals surface area contributed by atoms with Crippen LogP contribution in [0.5, 0.6) is 17.2 Å². The highest BCUT2D eigenvalue weighted by atomic mass is 16.5. The Hall–Kier alpha value is -2.70.